The number of aliphatic imine (C=N–C) groups is 1. The maximum atomic E-state index is 6.21. The molecule has 1 aromatic rings. The lowest BCUT2D eigenvalue weighted by molar-refractivity contribution is 0.0871. The summed E-state index contributed by atoms with van der Waals surface area (Å²) in [6, 6.07) is 0.262. The topological polar surface area (TPSA) is 88.3 Å². The summed E-state index contributed by atoms with van der Waals surface area (Å²) in [7, 11) is 1.90. The Hall–Kier alpha value is -1.82. The van der Waals surface area contributed by atoms with Crippen LogP contribution >= 0.6 is 0 Å². The minimum absolute atomic E-state index is 0.262. The largest absolute Gasteiger partial charge is 0.387 e. The van der Waals surface area contributed by atoms with E-state index in [4.69, 9.17) is 10.5 Å². The monoisotopic (exact) mass is 291 g/mol. The van der Waals surface area contributed by atoms with E-state index in [0.29, 0.717) is 5.84 Å². The summed E-state index contributed by atoms with van der Waals surface area (Å²) in [6.45, 7) is 7.52. The highest BCUT2D eigenvalue weighted by atomic mass is 16.5. The van der Waals surface area contributed by atoms with Crippen LogP contribution in [0.25, 0.3) is 5.70 Å². The lowest BCUT2D eigenvalue weighted by atomic mass is 10.0. The van der Waals surface area contributed by atoms with Crippen molar-refractivity contribution in [1.29, 1.82) is 0 Å². The predicted octanol–water partition coefficient (Wildman–Crippen LogP) is 1.51. The third-order valence-corrected chi connectivity index (χ3v) is 3.90. The summed E-state index contributed by atoms with van der Waals surface area (Å²) in [5.74, 6) is 0.589. The molecule has 0 atom stereocenters. The number of aryl methyl sites for hydroxylation is 2. The predicted molar refractivity (Wildman–Crippen MR) is 85.2 cm³/mol. The molecule has 0 aliphatic carbocycles. The van der Waals surface area contributed by atoms with Crippen LogP contribution in [0.4, 0.5) is 0 Å². The molecule has 1 aromatic heterocycles. The zero-order valence-corrected chi connectivity index (χ0v) is 13.3. The van der Waals surface area contributed by atoms with Gasteiger partial charge in [-0.25, -0.2) is 0 Å². The normalized spacial score (nSPS) is 18.6. The van der Waals surface area contributed by atoms with Crippen LogP contribution in [-0.4, -0.2) is 42.3 Å². The third kappa shape index (κ3) is 3.44. The van der Waals surface area contributed by atoms with E-state index in [1.807, 2.05) is 27.8 Å². The van der Waals surface area contributed by atoms with Gasteiger partial charge >= 0.3 is 0 Å². The van der Waals surface area contributed by atoms with Gasteiger partial charge in [-0.1, -0.05) is 0 Å². The molecule has 1 aliphatic heterocycles. The highest BCUT2D eigenvalue weighted by Crippen LogP contribution is 2.22. The fourth-order valence-corrected chi connectivity index (χ4v) is 2.66. The van der Waals surface area contributed by atoms with Gasteiger partial charge in [0.25, 0.3) is 0 Å². The average molecular weight is 291 g/mol. The van der Waals surface area contributed by atoms with Crippen LogP contribution in [0.2, 0.25) is 0 Å². The Balaban J connectivity index is 2.32. The molecule has 2 rings (SSSR count). The second kappa shape index (κ2) is 6.76. The molecule has 1 fully saturated rings. The average Bonchev–Trinajstić information content (AvgIpc) is 2.81. The Morgan fingerprint density at radius 2 is 2.05 bits per heavy atom. The van der Waals surface area contributed by atoms with Gasteiger partial charge < -0.3 is 15.8 Å². The second-order valence-corrected chi connectivity index (χ2v) is 5.42. The first kappa shape index (κ1) is 15.6. The molecule has 1 aliphatic rings. The molecular weight excluding hydrogens is 266 g/mol. The Labute approximate surface area is 125 Å². The summed E-state index contributed by atoms with van der Waals surface area (Å²) in [4.78, 5) is 4.66. The van der Waals surface area contributed by atoms with E-state index >= 15 is 0 Å². The van der Waals surface area contributed by atoms with Crippen molar-refractivity contribution in [2.45, 2.75) is 39.7 Å². The smallest absolute Gasteiger partial charge is 0.123 e. The molecule has 1 saturated heterocycles. The van der Waals surface area contributed by atoms with Crippen LogP contribution < -0.4 is 11.1 Å². The quantitative estimate of drug-likeness (QED) is 0.579. The van der Waals surface area contributed by atoms with E-state index < -0.39 is 0 Å². The molecule has 116 valence electrons. The fraction of sp³-hybridized carbons (Fsp3) is 0.600. The van der Waals surface area contributed by atoms with E-state index in [0.717, 1.165) is 54.3 Å². The third-order valence-electron chi connectivity index (χ3n) is 3.90. The van der Waals surface area contributed by atoms with Crippen molar-refractivity contribution in [2.75, 3.05) is 20.3 Å². The molecule has 2 heterocycles. The standard InChI is InChI=1S/C15H25N5O/c1-9(15(16)18-12-5-7-21-8-6-12)14(17-4)13-10(2)19-20-11(13)3/h12,17H,5-8H2,1-4H3,(H2,16,18)(H,19,20)/b14-9-. The molecule has 6 heteroatoms. The first-order chi connectivity index (χ1) is 10.0. The number of aromatic amines is 1. The summed E-state index contributed by atoms with van der Waals surface area (Å²) in [6.07, 6.45) is 1.87. The molecule has 0 bridgehead atoms. The minimum atomic E-state index is 0.262. The minimum Gasteiger partial charge on any atom is -0.387 e. The highest BCUT2D eigenvalue weighted by molar-refractivity contribution is 6.03. The summed E-state index contributed by atoms with van der Waals surface area (Å²) in [5.41, 5.74) is 11.2. The Morgan fingerprint density at radius 1 is 1.38 bits per heavy atom. The van der Waals surface area contributed by atoms with Crippen molar-refractivity contribution >= 4 is 11.5 Å². The van der Waals surface area contributed by atoms with Crippen LogP contribution in [0.3, 0.4) is 0 Å². The van der Waals surface area contributed by atoms with Crippen LogP contribution in [0.5, 0.6) is 0 Å². The number of nitrogens with one attached hydrogen (secondary N) is 2. The fourth-order valence-electron chi connectivity index (χ4n) is 2.66. The van der Waals surface area contributed by atoms with Crippen molar-refractivity contribution in [2.24, 2.45) is 10.7 Å². The van der Waals surface area contributed by atoms with Crippen LogP contribution in [-0.2, 0) is 4.74 Å². The molecule has 0 radical (unpaired) electrons. The van der Waals surface area contributed by atoms with Gasteiger partial charge in [-0.15, -0.1) is 0 Å². The summed E-state index contributed by atoms with van der Waals surface area (Å²) in [5, 5.41) is 10.5. The van der Waals surface area contributed by atoms with Crippen molar-refractivity contribution < 1.29 is 4.74 Å². The van der Waals surface area contributed by atoms with Gasteiger partial charge in [0.1, 0.15) is 5.84 Å². The van der Waals surface area contributed by atoms with Crippen LogP contribution in [0, 0.1) is 13.8 Å². The molecule has 0 unspecified atom stereocenters. The van der Waals surface area contributed by atoms with Gasteiger partial charge in [-0.3, -0.25) is 10.1 Å². The summed E-state index contributed by atoms with van der Waals surface area (Å²) >= 11 is 0. The molecule has 0 saturated carbocycles. The molecule has 0 spiro atoms. The maximum absolute atomic E-state index is 6.21. The first-order valence-corrected chi connectivity index (χ1v) is 7.36. The van der Waals surface area contributed by atoms with Crippen molar-refractivity contribution in [3.8, 4) is 0 Å². The lowest BCUT2D eigenvalue weighted by Gasteiger charge is -2.20. The molecule has 0 amide bonds. The van der Waals surface area contributed by atoms with Crippen molar-refractivity contribution in [3.63, 3.8) is 0 Å². The number of amidine groups is 1. The van der Waals surface area contributed by atoms with Gasteiger partial charge in [-0.2, -0.15) is 5.10 Å². The van der Waals surface area contributed by atoms with E-state index in [1.165, 1.54) is 0 Å². The number of aromatic nitrogens is 2. The van der Waals surface area contributed by atoms with Crippen molar-refractivity contribution in [1.82, 2.24) is 15.5 Å². The van der Waals surface area contributed by atoms with Crippen LogP contribution in [0.1, 0.15) is 36.7 Å². The zero-order chi connectivity index (χ0) is 15.4. The van der Waals surface area contributed by atoms with Crippen molar-refractivity contribution in [3.05, 3.63) is 22.5 Å². The number of nitrogens with two attached hydrogens (primary N) is 1. The second-order valence-electron chi connectivity index (χ2n) is 5.42. The molecule has 0 aromatic carbocycles. The number of ether oxygens (including phenoxy) is 1. The van der Waals surface area contributed by atoms with E-state index in [1.54, 1.807) is 0 Å². The van der Waals surface area contributed by atoms with Gasteiger partial charge in [-0.05, 0) is 33.6 Å². The zero-order valence-electron chi connectivity index (χ0n) is 13.3. The van der Waals surface area contributed by atoms with Gasteiger partial charge in [0.2, 0.25) is 0 Å². The maximum Gasteiger partial charge on any atom is 0.123 e. The van der Waals surface area contributed by atoms with E-state index in [-0.39, 0.29) is 6.04 Å². The first-order valence-electron chi connectivity index (χ1n) is 7.36. The van der Waals surface area contributed by atoms with E-state index in [9.17, 15) is 0 Å². The van der Waals surface area contributed by atoms with Gasteiger partial charge in [0.05, 0.1) is 17.4 Å². The summed E-state index contributed by atoms with van der Waals surface area (Å²) < 4.78 is 5.35. The lowest BCUT2D eigenvalue weighted by Crippen LogP contribution is -2.25. The molecular formula is C15H25N5O. The Bertz CT molecular complexity index is 533. The molecule has 4 N–H and O–H groups in total. The molecule has 6 nitrogen and oxygen atoms in total. The van der Waals surface area contributed by atoms with Crippen LogP contribution in [0.15, 0.2) is 10.6 Å². The number of H-pyrrole nitrogens is 1. The Kier molecular flexibility index (Phi) is 5.01. The molecule has 21 heavy (non-hydrogen) atoms. The van der Waals surface area contributed by atoms with Gasteiger partial charge in [0.15, 0.2) is 0 Å². The SMILES string of the molecule is CN/C(=C(/C)C(N)=NC1CCOCC1)c1c(C)n[nH]c1C. The number of hydrogen-bond acceptors (Lipinski definition) is 4. The number of rotatable bonds is 4. The highest BCUT2D eigenvalue weighted by Gasteiger charge is 2.17. The van der Waals surface area contributed by atoms with Gasteiger partial charge in [0, 0.05) is 37.1 Å². The number of nitrogens with zero attached hydrogens (tertiary/aromatic N) is 2. The number of hydrogen-bond donors (Lipinski definition) is 3. The Morgan fingerprint density at radius 3 is 2.57 bits per heavy atom. The van der Waals surface area contributed by atoms with E-state index in [2.05, 4.69) is 20.5 Å².